The van der Waals surface area contributed by atoms with Gasteiger partial charge in [0.05, 0.1) is 12.9 Å². The van der Waals surface area contributed by atoms with Gasteiger partial charge in [-0.1, -0.05) is 17.8 Å². The van der Waals surface area contributed by atoms with Crippen LogP contribution in [0, 0.1) is 5.92 Å². The maximum absolute atomic E-state index is 12.3. The summed E-state index contributed by atoms with van der Waals surface area (Å²) < 4.78 is 10.7. The SMILES string of the molecule is COc1ccc(-c2nnc(SCC(=O)Nc3cccc(NC(=O)C4CC4)c3)o2)cc1. The Kier molecular flexibility index (Phi) is 5.99. The first-order valence-electron chi connectivity index (χ1n) is 9.42. The first-order chi connectivity index (χ1) is 14.6. The van der Waals surface area contributed by atoms with Crippen LogP contribution in [0.2, 0.25) is 0 Å². The number of rotatable bonds is 8. The van der Waals surface area contributed by atoms with Crippen LogP contribution in [0.15, 0.2) is 58.2 Å². The molecule has 1 aliphatic rings. The number of hydrogen-bond donors (Lipinski definition) is 2. The van der Waals surface area contributed by atoms with E-state index in [1.807, 2.05) is 12.1 Å². The van der Waals surface area contributed by atoms with E-state index in [1.54, 1.807) is 43.5 Å². The molecule has 0 spiro atoms. The molecule has 2 amide bonds. The van der Waals surface area contributed by atoms with Crippen molar-refractivity contribution in [1.29, 1.82) is 0 Å². The molecule has 1 heterocycles. The number of anilines is 2. The van der Waals surface area contributed by atoms with Gasteiger partial charge in [-0.3, -0.25) is 9.59 Å². The molecular formula is C21H20N4O4S. The minimum absolute atomic E-state index is 0.0260. The monoisotopic (exact) mass is 424 g/mol. The van der Waals surface area contributed by atoms with Crippen LogP contribution < -0.4 is 15.4 Å². The molecular weight excluding hydrogens is 404 g/mol. The van der Waals surface area contributed by atoms with Gasteiger partial charge in [0.25, 0.3) is 5.22 Å². The average molecular weight is 424 g/mol. The maximum atomic E-state index is 12.3. The topological polar surface area (TPSA) is 106 Å². The Morgan fingerprint density at radius 3 is 2.53 bits per heavy atom. The largest absolute Gasteiger partial charge is 0.497 e. The lowest BCUT2D eigenvalue weighted by atomic mass is 10.2. The summed E-state index contributed by atoms with van der Waals surface area (Å²) >= 11 is 1.15. The number of carbonyl (C=O) groups is 2. The molecule has 1 aromatic heterocycles. The van der Waals surface area contributed by atoms with Crippen molar-refractivity contribution in [2.24, 2.45) is 5.92 Å². The molecule has 0 bridgehead atoms. The summed E-state index contributed by atoms with van der Waals surface area (Å²) in [6.45, 7) is 0. The van der Waals surface area contributed by atoms with E-state index in [0.29, 0.717) is 22.5 Å². The molecule has 9 heteroatoms. The minimum Gasteiger partial charge on any atom is -0.497 e. The van der Waals surface area contributed by atoms with Crippen molar-refractivity contribution in [1.82, 2.24) is 10.2 Å². The molecule has 2 N–H and O–H groups in total. The summed E-state index contributed by atoms with van der Waals surface area (Å²) in [7, 11) is 1.60. The van der Waals surface area contributed by atoms with Crippen molar-refractivity contribution in [2.45, 2.75) is 18.1 Å². The summed E-state index contributed by atoms with van der Waals surface area (Å²) in [5.74, 6) is 1.16. The summed E-state index contributed by atoms with van der Waals surface area (Å²) in [6.07, 6.45) is 1.88. The van der Waals surface area contributed by atoms with Gasteiger partial charge in [0.2, 0.25) is 17.7 Å². The van der Waals surface area contributed by atoms with E-state index in [9.17, 15) is 9.59 Å². The molecule has 1 fully saturated rings. The predicted molar refractivity (Wildman–Crippen MR) is 113 cm³/mol. The van der Waals surface area contributed by atoms with Gasteiger partial charge in [0.15, 0.2) is 0 Å². The minimum atomic E-state index is -0.213. The Balaban J connectivity index is 1.29. The number of benzene rings is 2. The lowest BCUT2D eigenvalue weighted by Crippen LogP contribution is -2.15. The molecule has 0 aliphatic heterocycles. The first kappa shape index (κ1) is 20.0. The van der Waals surface area contributed by atoms with E-state index in [1.165, 1.54) is 0 Å². The molecule has 0 radical (unpaired) electrons. The van der Waals surface area contributed by atoms with Gasteiger partial charge >= 0.3 is 0 Å². The van der Waals surface area contributed by atoms with Gasteiger partial charge in [-0.25, -0.2) is 0 Å². The van der Waals surface area contributed by atoms with Crippen LogP contribution >= 0.6 is 11.8 Å². The highest BCUT2D eigenvalue weighted by molar-refractivity contribution is 7.99. The average Bonchev–Trinajstić information content (AvgIpc) is 3.51. The quantitative estimate of drug-likeness (QED) is 0.529. The lowest BCUT2D eigenvalue weighted by molar-refractivity contribution is -0.117. The highest BCUT2D eigenvalue weighted by atomic mass is 32.2. The Hall–Kier alpha value is -3.33. The second-order valence-electron chi connectivity index (χ2n) is 6.78. The fraction of sp³-hybridized carbons (Fsp3) is 0.238. The zero-order valence-electron chi connectivity index (χ0n) is 16.3. The normalized spacial score (nSPS) is 13.0. The number of amides is 2. The standard InChI is InChI=1S/C21H20N4O4S/c1-28-17-9-7-14(8-10-17)20-24-25-21(29-20)30-12-18(26)22-15-3-2-4-16(11-15)23-19(27)13-5-6-13/h2-4,7-11,13H,5-6,12H2,1H3,(H,22,26)(H,23,27). The smallest absolute Gasteiger partial charge is 0.277 e. The summed E-state index contributed by atoms with van der Waals surface area (Å²) in [5.41, 5.74) is 2.04. The zero-order chi connectivity index (χ0) is 20.9. The number of nitrogens with one attached hydrogen (secondary N) is 2. The molecule has 0 atom stereocenters. The van der Waals surface area contributed by atoms with Crippen LogP contribution in [-0.4, -0.2) is 34.9 Å². The third kappa shape index (κ3) is 5.18. The molecule has 8 nitrogen and oxygen atoms in total. The van der Waals surface area contributed by atoms with Crippen molar-refractivity contribution in [2.75, 3.05) is 23.5 Å². The molecule has 0 saturated heterocycles. The van der Waals surface area contributed by atoms with Gasteiger partial charge in [-0.15, -0.1) is 10.2 Å². The number of carbonyl (C=O) groups excluding carboxylic acids is 2. The van der Waals surface area contributed by atoms with Crippen molar-refractivity contribution in [3.8, 4) is 17.2 Å². The number of aromatic nitrogens is 2. The highest BCUT2D eigenvalue weighted by Crippen LogP contribution is 2.30. The van der Waals surface area contributed by atoms with E-state index < -0.39 is 0 Å². The Bertz CT molecular complexity index is 1050. The van der Waals surface area contributed by atoms with Gasteiger partial charge < -0.3 is 19.8 Å². The number of ether oxygens (including phenoxy) is 1. The van der Waals surface area contributed by atoms with Gasteiger partial charge in [0, 0.05) is 22.9 Å². The molecule has 4 rings (SSSR count). The van der Waals surface area contributed by atoms with E-state index in [4.69, 9.17) is 9.15 Å². The van der Waals surface area contributed by atoms with Gasteiger partial charge in [-0.05, 0) is 55.3 Å². The molecule has 2 aromatic carbocycles. The number of nitrogens with zero attached hydrogens (tertiary/aromatic N) is 2. The van der Waals surface area contributed by atoms with Crippen LogP contribution in [-0.2, 0) is 9.59 Å². The van der Waals surface area contributed by atoms with Gasteiger partial charge in [0.1, 0.15) is 5.75 Å². The number of thioether (sulfide) groups is 1. The fourth-order valence-corrected chi connectivity index (χ4v) is 3.27. The van der Waals surface area contributed by atoms with Crippen LogP contribution in [0.5, 0.6) is 5.75 Å². The van der Waals surface area contributed by atoms with Gasteiger partial charge in [-0.2, -0.15) is 0 Å². The highest BCUT2D eigenvalue weighted by Gasteiger charge is 2.29. The fourth-order valence-electron chi connectivity index (χ4n) is 2.71. The molecule has 1 saturated carbocycles. The Labute approximate surface area is 177 Å². The summed E-state index contributed by atoms with van der Waals surface area (Å²) in [6, 6.07) is 14.3. The molecule has 3 aromatic rings. The second kappa shape index (κ2) is 9.00. The summed E-state index contributed by atoms with van der Waals surface area (Å²) in [5, 5.41) is 14.0. The van der Waals surface area contributed by atoms with Crippen LogP contribution in [0.25, 0.3) is 11.5 Å². The zero-order valence-corrected chi connectivity index (χ0v) is 17.1. The van der Waals surface area contributed by atoms with E-state index >= 15 is 0 Å². The molecule has 154 valence electrons. The van der Waals surface area contributed by atoms with Crippen LogP contribution in [0.4, 0.5) is 11.4 Å². The molecule has 1 aliphatic carbocycles. The Morgan fingerprint density at radius 1 is 1.10 bits per heavy atom. The summed E-state index contributed by atoms with van der Waals surface area (Å²) in [4.78, 5) is 24.1. The van der Waals surface area contributed by atoms with E-state index in [0.717, 1.165) is 35.9 Å². The number of methoxy groups -OCH3 is 1. The lowest BCUT2D eigenvalue weighted by Gasteiger charge is -2.08. The Morgan fingerprint density at radius 2 is 1.83 bits per heavy atom. The first-order valence-corrected chi connectivity index (χ1v) is 10.4. The van der Waals surface area contributed by atoms with E-state index in [-0.39, 0.29) is 23.5 Å². The van der Waals surface area contributed by atoms with Crippen molar-refractivity contribution in [3.05, 3.63) is 48.5 Å². The van der Waals surface area contributed by atoms with Crippen molar-refractivity contribution in [3.63, 3.8) is 0 Å². The third-order valence-corrected chi connectivity index (χ3v) is 5.25. The van der Waals surface area contributed by atoms with Crippen molar-refractivity contribution >= 4 is 35.0 Å². The molecule has 30 heavy (non-hydrogen) atoms. The van der Waals surface area contributed by atoms with Crippen LogP contribution in [0.3, 0.4) is 0 Å². The predicted octanol–water partition coefficient (Wildman–Crippen LogP) is 3.82. The van der Waals surface area contributed by atoms with E-state index in [2.05, 4.69) is 20.8 Å². The van der Waals surface area contributed by atoms with Crippen molar-refractivity contribution < 1.29 is 18.7 Å². The maximum Gasteiger partial charge on any atom is 0.277 e. The molecule has 0 unspecified atom stereocenters. The van der Waals surface area contributed by atoms with Crippen LogP contribution in [0.1, 0.15) is 12.8 Å². The number of hydrogen-bond acceptors (Lipinski definition) is 7. The third-order valence-electron chi connectivity index (χ3n) is 4.43. The second-order valence-corrected chi connectivity index (χ2v) is 7.71.